The fraction of sp³-hybridized carbons (Fsp3) is 0.333. The molecule has 1 unspecified atom stereocenters. The highest BCUT2D eigenvalue weighted by Gasteiger charge is 2.22. The smallest absolute Gasteiger partial charge is 0.112 e. The minimum Gasteiger partial charge on any atom is -0.379 e. The zero-order valence-electron chi connectivity index (χ0n) is 11.1. The zero-order valence-corrected chi connectivity index (χ0v) is 11.1. The lowest BCUT2D eigenvalue weighted by atomic mass is 10.2. The van der Waals surface area contributed by atoms with Crippen LogP contribution >= 0.6 is 0 Å². The first-order valence-electron chi connectivity index (χ1n) is 6.91. The molecule has 1 aliphatic heterocycles. The van der Waals surface area contributed by atoms with Gasteiger partial charge in [0.15, 0.2) is 0 Å². The summed E-state index contributed by atoms with van der Waals surface area (Å²) in [4.78, 5) is 9.22. The molecule has 4 rings (SSSR count). The van der Waals surface area contributed by atoms with E-state index in [1.165, 1.54) is 0 Å². The van der Waals surface area contributed by atoms with Gasteiger partial charge in [-0.25, -0.2) is 4.98 Å². The number of pyridine rings is 1. The molecule has 1 atom stereocenters. The highest BCUT2D eigenvalue weighted by molar-refractivity contribution is 6.02. The van der Waals surface area contributed by atoms with E-state index in [4.69, 9.17) is 15.5 Å². The normalized spacial score (nSPS) is 19.1. The van der Waals surface area contributed by atoms with Crippen LogP contribution in [-0.2, 0) is 11.2 Å². The van der Waals surface area contributed by atoms with Crippen molar-refractivity contribution in [3.63, 3.8) is 0 Å². The van der Waals surface area contributed by atoms with Crippen LogP contribution in [0.4, 0.5) is 0 Å². The molecule has 1 aromatic carbocycles. The van der Waals surface area contributed by atoms with Crippen molar-refractivity contribution in [1.29, 1.82) is 0 Å². The highest BCUT2D eigenvalue weighted by atomic mass is 16.5. The SMILES string of the molecule is NCC1COCCc2nc3cnc4ccccc4c3n21. The number of hydrogen-bond acceptors (Lipinski definition) is 4. The quantitative estimate of drug-likeness (QED) is 0.729. The summed E-state index contributed by atoms with van der Waals surface area (Å²) in [6.45, 7) is 1.89. The predicted octanol–water partition coefficient (Wildman–Crippen LogP) is 1.66. The van der Waals surface area contributed by atoms with Gasteiger partial charge in [-0.15, -0.1) is 0 Å². The van der Waals surface area contributed by atoms with Crippen molar-refractivity contribution in [3.05, 3.63) is 36.3 Å². The summed E-state index contributed by atoms with van der Waals surface area (Å²) < 4.78 is 7.90. The van der Waals surface area contributed by atoms with Crippen LogP contribution in [0, 0.1) is 0 Å². The highest BCUT2D eigenvalue weighted by Crippen LogP contribution is 2.29. The molecule has 2 aromatic heterocycles. The Morgan fingerprint density at radius 2 is 2.20 bits per heavy atom. The molecule has 0 saturated carbocycles. The second-order valence-electron chi connectivity index (χ2n) is 5.12. The summed E-state index contributed by atoms with van der Waals surface area (Å²) in [7, 11) is 0. The van der Waals surface area contributed by atoms with Gasteiger partial charge in [-0.1, -0.05) is 18.2 Å². The monoisotopic (exact) mass is 268 g/mol. The number of fused-ring (bicyclic) bond motifs is 5. The fourth-order valence-electron chi connectivity index (χ4n) is 2.97. The summed E-state index contributed by atoms with van der Waals surface area (Å²) in [6, 6.07) is 8.31. The summed E-state index contributed by atoms with van der Waals surface area (Å²) in [6.07, 6.45) is 2.67. The van der Waals surface area contributed by atoms with Crippen LogP contribution in [-0.4, -0.2) is 34.3 Å². The van der Waals surface area contributed by atoms with Crippen LogP contribution in [0.5, 0.6) is 0 Å². The maximum Gasteiger partial charge on any atom is 0.112 e. The molecule has 5 heteroatoms. The van der Waals surface area contributed by atoms with E-state index < -0.39 is 0 Å². The van der Waals surface area contributed by atoms with Crippen molar-refractivity contribution in [2.75, 3.05) is 19.8 Å². The Morgan fingerprint density at radius 1 is 1.30 bits per heavy atom. The molecule has 3 heterocycles. The zero-order chi connectivity index (χ0) is 13.5. The number of nitrogens with two attached hydrogens (primary N) is 1. The Kier molecular flexibility index (Phi) is 2.68. The van der Waals surface area contributed by atoms with Gasteiger partial charge >= 0.3 is 0 Å². The topological polar surface area (TPSA) is 66.0 Å². The van der Waals surface area contributed by atoms with Crippen LogP contribution in [0.25, 0.3) is 21.9 Å². The third-order valence-corrected chi connectivity index (χ3v) is 3.91. The van der Waals surface area contributed by atoms with E-state index in [0.717, 1.165) is 34.2 Å². The Bertz CT molecular complexity index is 780. The largest absolute Gasteiger partial charge is 0.379 e. The van der Waals surface area contributed by atoms with Crippen LogP contribution in [0.3, 0.4) is 0 Å². The summed E-state index contributed by atoms with van der Waals surface area (Å²) >= 11 is 0. The third-order valence-electron chi connectivity index (χ3n) is 3.91. The van der Waals surface area contributed by atoms with Gasteiger partial charge in [-0.2, -0.15) is 0 Å². The molecule has 0 amide bonds. The average molecular weight is 268 g/mol. The molecule has 3 aromatic rings. The van der Waals surface area contributed by atoms with Crippen LogP contribution in [0.1, 0.15) is 11.9 Å². The van der Waals surface area contributed by atoms with Crippen LogP contribution in [0.15, 0.2) is 30.5 Å². The summed E-state index contributed by atoms with van der Waals surface area (Å²) in [5.41, 5.74) is 9.00. The molecule has 0 saturated heterocycles. The second kappa shape index (κ2) is 4.54. The Morgan fingerprint density at radius 3 is 3.10 bits per heavy atom. The molecular weight excluding hydrogens is 252 g/mol. The number of hydrogen-bond donors (Lipinski definition) is 1. The average Bonchev–Trinajstić information content (AvgIpc) is 2.75. The first-order chi connectivity index (χ1) is 9.88. The first-order valence-corrected chi connectivity index (χ1v) is 6.91. The van der Waals surface area contributed by atoms with Crippen LogP contribution < -0.4 is 5.73 Å². The van der Waals surface area contributed by atoms with Crippen molar-refractivity contribution < 1.29 is 4.74 Å². The summed E-state index contributed by atoms with van der Waals surface area (Å²) in [5.74, 6) is 1.05. The Labute approximate surface area is 116 Å². The molecule has 0 radical (unpaired) electrons. The predicted molar refractivity (Wildman–Crippen MR) is 77.6 cm³/mol. The number of para-hydroxylation sites is 1. The van der Waals surface area contributed by atoms with Crippen molar-refractivity contribution in [3.8, 4) is 0 Å². The van der Waals surface area contributed by atoms with E-state index in [9.17, 15) is 0 Å². The van der Waals surface area contributed by atoms with Gasteiger partial charge in [0.1, 0.15) is 11.3 Å². The number of benzene rings is 1. The Balaban J connectivity index is 2.11. The lowest BCUT2D eigenvalue weighted by Gasteiger charge is -2.17. The standard InChI is InChI=1S/C15H16N4O/c16-7-10-9-20-6-5-14-18-13-8-17-12-4-2-1-3-11(12)15(13)19(10)14/h1-4,8,10H,5-7,9,16H2. The molecule has 0 fully saturated rings. The maximum absolute atomic E-state index is 5.94. The molecule has 1 aliphatic rings. The van der Waals surface area contributed by atoms with E-state index in [2.05, 4.69) is 15.6 Å². The van der Waals surface area contributed by atoms with E-state index in [1.54, 1.807) is 0 Å². The molecule has 2 N–H and O–H groups in total. The van der Waals surface area contributed by atoms with Gasteiger partial charge in [-0.05, 0) is 6.07 Å². The lowest BCUT2D eigenvalue weighted by Crippen LogP contribution is -2.23. The van der Waals surface area contributed by atoms with E-state index in [0.29, 0.717) is 19.8 Å². The molecule has 102 valence electrons. The Hall–Kier alpha value is -1.98. The van der Waals surface area contributed by atoms with Crippen molar-refractivity contribution in [1.82, 2.24) is 14.5 Å². The van der Waals surface area contributed by atoms with Gasteiger partial charge in [-0.3, -0.25) is 4.98 Å². The summed E-state index contributed by atoms with van der Waals surface area (Å²) in [5, 5.41) is 1.13. The van der Waals surface area contributed by atoms with E-state index >= 15 is 0 Å². The van der Waals surface area contributed by atoms with Crippen molar-refractivity contribution >= 4 is 21.9 Å². The first kappa shape index (κ1) is 11.8. The molecule has 0 bridgehead atoms. The molecule has 20 heavy (non-hydrogen) atoms. The van der Waals surface area contributed by atoms with Gasteiger partial charge in [0.05, 0.1) is 36.5 Å². The van der Waals surface area contributed by atoms with Crippen molar-refractivity contribution in [2.45, 2.75) is 12.5 Å². The number of aromatic nitrogens is 3. The van der Waals surface area contributed by atoms with E-state index in [1.807, 2.05) is 24.4 Å². The number of imidazole rings is 1. The van der Waals surface area contributed by atoms with Gasteiger partial charge in [0, 0.05) is 18.4 Å². The third kappa shape index (κ3) is 1.63. The molecular formula is C15H16N4O. The van der Waals surface area contributed by atoms with Gasteiger partial charge in [0.25, 0.3) is 0 Å². The minimum absolute atomic E-state index is 0.142. The molecule has 0 spiro atoms. The molecule has 5 nitrogen and oxygen atoms in total. The second-order valence-corrected chi connectivity index (χ2v) is 5.12. The maximum atomic E-state index is 5.94. The number of nitrogens with zero attached hydrogens (tertiary/aromatic N) is 3. The number of ether oxygens (including phenoxy) is 1. The fourth-order valence-corrected chi connectivity index (χ4v) is 2.97. The minimum atomic E-state index is 0.142. The van der Waals surface area contributed by atoms with Crippen LogP contribution in [0.2, 0.25) is 0 Å². The van der Waals surface area contributed by atoms with Crippen molar-refractivity contribution in [2.24, 2.45) is 5.73 Å². The molecule has 0 aliphatic carbocycles. The van der Waals surface area contributed by atoms with E-state index in [-0.39, 0.29) is 6.04 Å². The number of rotatable bonds is 1. The lowest BCUT2D eigenvalue weighted by molar-refractivity contribution is 0.121. The van der Waals surface area contributed by atoms with Gasteiger partial charge in [0.2, 0.25) is 0 Å². The van der Waals surface area contributed by atoms with Gasteiger partial charge < -0.3 is 15.0 Å².